The van der Waals surface area contributed by atoms with E-state index in [2.05, 4.69) is 10.5 Å². The summed E-state index contributed by atoms with van der Waals surface area (Å²) in [6.45, 7) is 0. The van der Waals surface area contributed by atoms with Crippen molar-refractivity contribution < 1.29 is 10.0 Å². The van der Waals surface area contributed by atoms with E-state index in [9.17, 15) is 4.79 Å². The molecular weight excluding hydrogens is 318 g/mol. The Morgan fingerprint density at radius 2 is 2.36 bits per heavy atom. The van der Waals surface area contributed by atoms with Crippen molar-refractivity contribution in [2.75, 3.05) is 5.32 Å². The van der Waals surface area contributed by atoms with Gasteiger partial charge in [-0.1, -0.05) is 22.8 Å². The van der Waals surface area contributed by atoms with Crippen molar-refractivity contribution in [1.82, 2.24) is 0 Å². The van der Waals surface area contributed by atoms with Crippen LogP contribution < -0.4 is 5.32 Å². The van der Waals surface area contributed by atoms with Crippen LogP contribution in [0.4, 0.5) is 5.69 Å². The Kier molecular flexibility index (Phi) is 4.15. The summed E-state index contributed by atoms with van der Waals surface area (Å²) >= 11 is 7.85. The average molecular weight is 325 g/mol. The van der Waals surface area contributed by atoms with E-state index >= 15 is 0 Å². The zero-order chi connectivity index (χ0) is 10.6. The first-order chi connectivity index (χ1) is 6.65. The van der Waals surface area contributed by atoms with Crippen LogP contribution in [0, 0.1) is 3.57 Å². The molecule has 0 saturated heterocycles. The van der Waals surface area contributed by atoms with Gasteiger partial charge in [0.05, 0.1) is 14.3 Å². The molecule has 0 radical (unpaired) electrons. The van der Waals surface area contributed by atoms with Gasteiger partial charge in [0, 0.05) is 0 Å². The second kappa shape index (κ2) is 5.16. The minimum absolute atomic E-state index is 0.507. The number of anilines is 1. The van der Waals surface area contributed by atoms with Crippen molar-refractivity contribution in [3.8, 4) is 0 Å². The zero-order valence-electron chi connectivity index (χ0n) is 6.87. The van der Waals surface area contributed by atoms with E-state index < -0.39 is 5.91 Å². The number of nitrogens with zero attached hydrogens (tertiary/aromatic N) is 1. The molecule has 0 aliphatic carbocycles. The summed E-state index contributed by atoms with van der Waals surface area (Å²) in [5.41, 5.74) is 0.586. The van der Waals surface area contributed by atoms with Crippen LogP contribution in [0.25, 0.3) is 0 Å². The topological polar surface area (TPSA) is 61.7 Å². The molecule has 1 aromatic carbocycles. The summed E-state index contributed by atoms with van der Waals surface area (Å²) in [5.74, 6) is -0.507. The highest BCUT2D eigenvalue weighted by atomic mass is 127. The summed E-state index contributed by atoms with van der Waals surface area (Å²) in [6, 6.07) is 5.14. The number of benzene rings is 1. The number of nitrogens with one attached hydrogen (secondary N) is 1. The number of amides is 1. The molecule has 0 fully saturated rings. The van der Waals surface area contributed by atoms with Crippen molar-refractivity contribution in [2.45, 2.75) is 0 Å². The van der Waals surface area contributed by atoms with Crippen molar-refractivity contribution in [1.29, 1.82) is 0 Å². The van der Waals surface area contributed by atoms with Gasteiger partial charge < -0.3 is 10.5 Å². The standard InChI is InChI=1S/C8H6ClIN2O2/c9-5-2-1-3-6(8(5)10)12-7(13)4-11-14/h1-4,14H,(H,12,13)/b11-4-. The maximum Gasteiger partial charge on any atom is 0.270 e. The number of hydrogen-bond acceptors (Lipinski definition) is 3. The average Bonchev–Trinajstić information content (AvgIpc) is 2.13. The Bertz CT molecular complexity index is 382. The van der Waals surface area contributed by atoms with Gasteiger partial charge in [-0.25, -0.2) is 0 Å². The number of carbonyl (C=O) groups is 1. The third-order valence-corrected chi connectivity index (χ3v) is 3.18. The number of carbonyl (C=O) groups excluding carboxylic acids is 1. The van der Waals surface area contributed by atoms with E-state index in [1.54, 1.807) is 18.2 Å². The number of hydrogen-bond donors (Lipinski definition) is 2. The van der Waals surface area contributed by atoms with Gasteiger partial charge in [-0.3, -0.25) is 4.79 Å². The minimum atomic E-state index is -0.507. The molecule has 2 N–H and O–H groups in total. The molecule has 14 heavy (non-hydrogen) atoms. The fraction of sp³-hybridized carbons (Fsp3) is 0. The maximum atomic E-state index is 11.0. The van der Waals surface area contributed by atoms with Gasteiger partial charge >= 0.3 is 0 Å². The molecule has 0 aromatic heterocycles. The molecule has 4 nitrogen and oxygen atoms in total. The van der Waals surface area contributed by atoms with Crippen LogP contribution in [-0.2, 0) is 4.79 Å². The second-order valence-corrected chi connectivity index (χ2v) is 3.82. The lowest BCUT2D eigenvalue weighted by molar-refractivity contribution is -0.110. The molecule has 1 amide bonds. The van der Waals surface area contributed by atoms with Gasteiger partial charge in [-0.2, -0.15) is 0 Å². The fourth-order valence-corrected chi connectivity index (χ4v) is 1.49. The summed E-state index contributed by atoms with van der Waals surface area (Å²) in [6.07, 6.45) is 0.775. The first-order valence-corrected chi connectivity index (χ1v) is 5.03. The second-order valence-electron chi connectivity index (χ2n) is 2.34. The quantitative estimate of drug-likeness (QED) is 0.380. The summed E-state index contributed by atoms with van der Waals surface area (Å²) in [4.78, 5) is 11.0. The maximum absolute atomic E-state index is 11.0. The van der Waals surface area contributed by atoms with E-state index in [0.717, 1.165) is 9.78 Å². The van der Waals surface area contributed by atoms with E-state index in [1.807, 2.05) is 22.6 Å². The Labute approximate surface area is 99.1 Å². The van der Waals surface area contributed by atoms with Crippen LogP contribution in [0.3, 0.4) is 0 Å². The first-order valence-electron chi connectivity index (χ1n) is 3.57. The van der Waals surface area contributed by atoms with E-state index in [1.165, 1.54) is 0 Å². The molecule has 1 rings (SSSR count). The van der Waals surface area contributed by atoms with Crippen LogP contribution in [0.1, 0.15) is 0 Å². The smallest absolute Gasteiger partial charge is 0.270 e. The van der Waals surface area contributed by atoms with Gasteiger partial charge in [0.2, 0.25) is 0 Å². The van der Waals surface area contributed by atoms with Crippen molar-refractivity contribution in [3.63, 3.8) is 0 Å². The lowest BCUT2D eigenvalue weighted by Crippen LogP contribution is -2.13. The molecule has 0 aliphatic rings. The molecule has 0 bridgehead atoms. The third-order valence-electron chi connectivity index (χ3n) is 1.38. The molecule has 0 spiro atoms. The molecule has 0 aliphatic heterocycles. The van der Waals surface area contributed by atoms with Crippen LogP contribution in [0.2, 0.25) is 5.02 Å². The van der Waals surface area contributed by atoms with Gasteiger partial charge in [-0.05, 0) is 34.7 Å². The molecule has 0 unspecified atom stereocenters. The highest BCUT2D eigenvalue weighted by Crippen LogP contribution is 2.25. The molecule has 0 atom stereocenters. The van der Waals surface area contributed by atoms with E-state index in [4.69, 9.17) is 16.8 Å². The van der Waals surface area contributed by atoms with E-state index in [-0.39, 0.29) is 0 Å². The first kappa shape index (κ1) is 11.3. The van der Waals surface area contributed by atoms with Crippen LogP contribution in [-0.4, -0.2) is 17.3 Å². The predicted molar refractivity (Wildman–Crippen MR) is 63.1 cm³/mol. The number of oxime groups is 1. The minimum Gasteiger partial charge on any atom is -0.411 e. The predicted octanol–water partition coefficient (Wildman–Crippen LogP) is 2.34. The highest BCUT2D eigenvalue weighted by molar-refractivity contribution is 14.1. The van der Waals surface area contributed by atoms with E-state index in [0.29, 0.717) is 10.7 Å². The molecule has 0 heterocycles. The van der Waals surface area contributed by atoms with Gasteiger partial charge in [0.1, 0.15) is 6.21 Å². The third kappa shape index (κ3) is 2.85. The van der Waals surface area contributed by atoms with Crippen LogP contribution in [0.15, 0.2) is 23.4 Å². The Morgan fingerprint density at radius 3 is 3.00 bits per heavy atom. The summed E-state index contributed by atoms with van der Waals surface area (Å²) in [5, 5.41) is 13.8. The summed E-state index contributed by atoms with van der Waals surface area (Å²) in [7, 11) is 0. The SMILES string of the molecule is O=C(/C=N\O)Nc1cccc(Cl)c1I. The molecule has 1 aromatic rings. The van der Waals surface area contributed by atoms with Crippen molar-refractivity contribution in [2.24, 2.45) is 5.16 Å². The Hall–Kier alpha value is -0.820. The van der Waals surface area contributed by atoms with Crippen molar-refractivity contribution in [3.05, 3.63) is 26.8 Å². The monoisotopic (exact) mass is 324 g/mol. The fourth-order valence-electron chi connectivity index (χ4n) is 0.818. The summed E-state index contributed by atoms with van der Waals surface area (Å²) < 4.78 is 0.742. The van der Waals surface area contributed by atoms with Crippen LogP contribution >= 0.6 is 34.2 Å². The zero-order valence-corrected chi connectivity index (χ0v) is 9.78. The normalized spacial score (nSPS) is 10.4. The largest absolute Gasteiger partial charge is 0.411 e. The Balaban J connectivity index is 2.87. The van der Waals surface area contributed by atoms with Gasteiger partial charge in [0.25, 0.3) is 5.91 Å². The Morgan fingerprint density at radius 1 is 1.64 bits per heavy atom. The van der Waals surface area contributed by atoms with Gasteiger partial charge in [0.15, 0.2) is 0 Å². The number of rotatable bonds is 2. The number of halogens is 2. The van der Waals surface area contributed by atoms with Crippen molar-refractivity contribution >= 4 is 52.0 Å². The molecule has 0 saturated carbocycles. The highest BCUT2D eigenvalue weighted by Gasteiger charge is 2.05. The lowest BCUT2D eigenvalue weighted by Gasteiger charge is -2.05. The van der Waals surface area contributed by atoms with Gasteiger partial charge in [-0.15, -0.1) is 0 Å². The molecule has 74 valence electrons. The molecule has 6 heteroatoms. The van der Waals surface area contributed by atoms with Crippen LogP contribution in [0.5, 0.6) is 0 Å². The molecular formula is C8H6ClIN2O2. The lowest BCUT2D eigenvalue weighted by atomic mass is 10.3.